The van der Waals surface area contributed by atoms with Crippen LogP contribution in [0.5, 0.6) is 11.5 Å². The van der Waals surface area contributed by atoms with Crippen molar-refractivity contribution in [1.82, 2.24) is 4.31 Å². The van der Waals surface area contributed by atoms with E-state index in [-0.39, 0.29) is 17.3 Å². The average molecular weight is 519 g/mol. The lowest BCUT2D eigenvalue weighted by atomic mass is 9.98. The smallest absolute Gasteiger partial charge is 0.348 e. The minimum atomic E-state index is -3.82. The van der Waals surface area contributed by atoms with Gasteiger partial charge >= 0.3 is 5.97 Å². The van der Waals surface area contributed by atoms with E-state index >= 15 is 0 Å². The molecule has 1 N–H and O–H groups in total. The average Bonchev–Trinajstić information content (AvgIpc) is 3.31. The lowest BCUT2D eigenvalue weighted by molar-refractivity contribution is -0.120. The van der Waals surface area contributed by atoms with Crippen LogP contribution in [0.25, 0.3) is 10.1 Å². The van der Waals surface area contributed by atoms with Crippen molar-refractivity contribution in [2.24, 2.45) is 5.92 Å². The van der Waals surface area contributed by atoms with Crippen molar-refractivity contribution in [3.05, 3.63) is 47.3 Å². The molecule has 1 saturated heterocycles. The highest BCUT2D eigenvalue weighted by Gasteiger charge is 2.34. The van der Waals surface area contributed by atoms with Gasteiger partial charge in [-0.15, -0.1) is 11.3 Å². The molecular weight excluding hydrogens is 492 g/mol. The van der Waals surface area contributed by atoms with Gasteiger partial charge in [-0.25, -0.2) is 13.2 Å². The normalized spacial score (nSPS) is 16.6. The first-order valence-electron chi connectivity index (χ1n) is 10.9. The number of sulfonamides is 1. The molecule has 1 fully saturated rings. The summed E-state index contributed by atoms with van der Waals surface area (Å²) in [6.07, 6.45) is 1.15. The van der Waals surface area contributed by atoms with E-state index in [4.69, 9.17) is 14.2 Å². The molecule has 2 heterocycles. The summed E-state index contributed by atoms with van der Waals surface area (Å²) in [5, 5.41) is 3.71. The van der Waals surface area contributed by atoms with Crippen LogP contribution in [0.4, 0.5) is 5.69 Å². The molecule has 1 unspecified atom stereocenters. The second-order valence-electron chi connectivity index (χ2n) is 8.06. The Balaban J connectivity index is 1.48. The van der Waals surface area contributed by atoms with Crippen molar-refractivity contribution >= 4 is 49.0 Å². The molecule has 9 nitrogen and oxygen atoms in total. The number of hydrogen-bond acceptors (Lipinski definition) is 8. The van der Waals surface area contributed by atoms with E-state index < -0.39 is 21.9 Å². The zero-order chi connectivity index (χ0) is 25.2. The van der Waals surface area contributed by atoms with Crippen LogP contribution in [0.3, 0.4) is 0 Å². The Morgan fingerprint density at radius 1 is 1.03 bits per heavy atom. The number of carbonyl (C=O) groups is 2. The van der Waals surface area contributed by atoms with Crippen molar-refractivity contribution in [3.63, 3.8) is 0 Å². The summed E-state index contributed by atoms with van der Waals surface area (Å²) >= 11 is 1.31. The number of rotatable bonds is 7. The number of nitrogens with one attached hydrogen (secondary N) is 1. The van der Waals surface area contributed by atoms with Gasteiger partial charge in [0.1, 0.15) is 4.88 Å². The van der Waals surface area contributed by atoms with Gasteiger partial charge in [0.05, 0.1) is 32.1 Å². The molecule has 0 radical (unpaired) electrons. The predicted molar refractivity (Wildman–Crippen MR) is 133 cm³/mol. The van der Waals surface area contributed by atoms with Crippen molar-refractivity contribution in [2.75, 3.05) is 39.7 Å². The summed E-state index contributed by atoms with van der Waals surface area (Å²) in [7, 11) is 0.434. The first kappa shape index (κ1) is 25.0. The first-order chi connectivity index (χ1) is 16.8. The molecule has 1 amide bonds. The molecule has 186 valence electrons. The van der Waals surface area contributed by atoms with Crippen LogP contribution < -0.4 is 14.8 Å². The maximum absolute atomic E-state index is 13.3. The maximum atomic E-state index is 13.3. The van der Waals surface area contributed by atoms with Crippen LogP contribution in [-0.2, 0) is 19.6 Å². The molecular formula is C24H26N2O7S2. The Morgan fingerprint density at radius 2 is 1.80 bits per heavy atom. The molecule has 11 heteroatoms. The topological polar surface area (TPSA) is 111 Å². The minimum Gasteiger partial charge on any atom is -0.493 e. The highest BCUT2D eigenvalue weighted by atomic mass is 32.2. The zero-order valence-corrected chi connectivity index (χ0v) is 21.2. The summed E-state index contributed by atoms with van der Waals surface area (Å²) < 4.78 is 44.0. The van der Waals surface area contributed by atoms with E-state index in [1.54, 1.807) is 24.3 Å². The number of thiophene rings is 1. The van der Waals surface area contributed by atoms with Gasteiger partial charge in [-0.3, -0.25) is 4.79 Å². The van der Waals surface area contributed by atoms with Crippen molar-refractivity contribution in [2.45, 2.75) is 17.7 Å². The number of hydrogen-bond donors (Lipinski definition) is 1. The first-order valence-corrected chi connectivity index (χ1v) is 13.2. The molecule has 1 aromatic heterocycles. The van der Waals surface area contributed by atoms with Gasteiger partial charge in [-0.1, -0.05) is 0 Å². The Hall–Kier alpha value is -3.15. The summed E-state index contributed by atoms with van der Waals surface area (Å²) in [5.74, 6) is -0.403. The molecule has 0 spiro atoms. The van der Waals surface area contributed by atoms with Crippen LogP contribution in [0.2, 0.25) is 0 Å². The molecule has 3 aromatic rings. The number of ether oxygens (including phenoxy) is 3. The Bertz CT molecular complexity index is 1370. The summed E-state index contributed by atoms with van der Waals surface area (Å²) in [4.78, 5) is 25.4. The van der Waals surface area contributed by atoms with Gasteiger partial charge in [0.15, 0.2) is 11.5 Å². The molecule has 0 saturated carbocycles. The van der Waals surface area contributed by atoms with Gasteiger partial charge in [0, 0.05) is 29.5 Å². The van der Waals surface area contributed by atoms with Gasteiger partial charge in [0.2, 0.25) is 15.9 Å². The molecule has 1 aliphatic rings. The Morgan fingerprint density at radius 3 is 2.51 bits per heavy atom. The summed E-state index contributed by atoms with van der Waals surface area (Å²) in [6.45, 7) is 0.410. The molecule has 1 aliphatic heterocycles. The third-order valence-electron chi connectivity index (χ3n) is 5.92. The molecule has 1 atom stereocenters. The number of piperidine rings is 1. The fraction of sp³-hybridized carbons (Fsp3) is 0.333. The molecule has 0 aliphatic carbocycles. The quantitative estimate of drug-likeness (QED) is 0.474. The van der Waals surface area contributed by atoms with Crippen molar-refractivity contribution < 1.29 is 32.2 Å². The number of fused-ring (bicyclic) bond motifs is 1. The number of amides is 1. The fourth-order valence-electron chi connectivity index (χ4n) is 4.07. The number of esters is 1. The van der Waals surface area contributed by atoms with Crippen molar-refractivity contribution in [1.29, 1.82) is 0 Å². The lowest BCUT2D eigenvalue weighted by Gasteiger charge is -2.31. The zero-order valence-electron chi connectivity index (χ0n) is 19.6. The van der Waals surface area contributed by atoms with Gasteiger partial charge in [-0.2, -0.15) is 4.31 Å². The number of benzene rings is 2. The molecule has 0 bridgehead atoms. The summed E-state index contributed by atoms with van der Waals surface area (Å²) in [6, 6.07) is 11.5. The number of nitrogens with zero attached hydrogens (tertiary/aromatic N) is 1. The van der Waals surface area contributed by atoms with E-state index in [1.807, 2.05) is 6.07 Å². The molecule has 2 aromatic carbocycles. The van der Waals surface area contributed by atoms with Crippen molar-refractivity contribution in [3.8, 4) is 11.5 Å². The van der Waals surface area contributed by atoms with E-state index in [9.17, 15) is 18.0 Å². The van der Waals surface area contributed by atoms with Crippen LogP contribution >= 0.6 is 11.3 Å². The third-order valence-corrected chi connectivity index (χ3v) is 8.88. The second-order valence-corrected chi connectivity index (χ2v) is 11.1. The van der Waals surface area contributed by atoms with Crippen LogP contribution in [0.1, 0.15) is 22.5 Å². The summed E-state index contributed by atoms with van der Waals surface area (Å²) in [5.41, 5.74) is 0.580. The highest BCUT2D eigenvalue weighted by molar-refractivity contribution is 7.89. The number of anilines is 1. The predicted octanol–water partition coefficient (Wildman–Crippen LogP) is 3.74. The SMILES string of the molecule is COC(=O)c1cc2cc(NC(=O)C3CCCN(S(=O)(=O)c4ccc(OC)c(OC)c4)C3)ccc2s1. The van der Waals surface area contributed by atoms with E-state index in [0.717, 1.165) is 10.1 Å². The monoisotopic (exact) mass is 518 g/mol. The number of methoxy groups -OCH3 is 3. The standard InChI is InChI=1S/C24H26N2O7S2/c1-31-19-8-7-18(13-20(19)32-2)35(29,30)26-10-4-5-15(14-26)23(27)25-17-6-9-21-16(11-17)12-22(34-21)24(28)33-3/h6-9,11-13,15H,4-5,10,14H2,1-3H3,(H,25,27). The Labute approximate surface area is 207 Å². The minimum absolute atomic E-state index is 0.0791. The number of carbonyl (C=O) groups excluding carboxylic acids is 2. The highest BCUT2D eigenvalue weighted by Crippen LogP contribution is 2.33. The third kappa shape index (κ3) is 5.12. The Kier molecular flexibility index (Phi) is 7.29. The maximum Gasteiger partial charge on any atom is 0.348 e. The van der Waals surface area contributed by atoms with Crippen LogP contribution in [0, 0.1) is 5.92 Å². The molecule has 4 rings (SSSR count). The fourth-order valence-corrected chi connectivity index (χ4v) is 6.57. The van der Waals surface area contributed by atoms with Crippen LogP contribution in [0.15, 0.2) is 47.4 Å². The van der Waals surface area contributed by atoms with Crippen LogP contribution in [-0.4, -0.2) is 59.0 Å². The van der Waals surface area contributed by atoms with E-state index in [0.29, 0.717) is 41.4 Å². The van der Waals surface area contributed by atoms with E-state index in [1.165, 1.54) is 49.1 Å². The molecule has 35 heavy (non-hydrogen) atoms. The van der Waals surface area contributed by atoms with Gasteiger partial charge in [-0.05, 0) is 54.6 Å². The largest absolute Gasteiger partial charge is 0.493 e. The van der Waals surface area contributed by atoms with Gasteiger partial charge in [0.25, 0.3) is 0 Å². The lowest BCUT2D eigenvalue weighted by Crippen LogP contribution is -2.43. The second kappa shape index (κ2) is 10.2. The van der Waals surface area contributed by atoms with E-state index in [2.05, 4.69) is 5.32 Å². The van der Waals surface area contributed by atoms with Gasteiger partial charge < -0.3 is 19.5 Å².